The molecule has 0 aliphatic carbocycles. The lowest BCUT2D eigenvalue weighted by molar-refractivity contribution is 0.102. The van der Waals surface area contributed by atoms with Gasteiger partial charge in [0.05, 0.1) is 12.9 Å². The molecule has 0 fully saturated rings. The molecule has 2 heterocycles. The van der Waals surface area contributed by atoms with Crippen LogP contribution in [0.3, 0.4) is 0 Å². The van der Waals surface area contributed by atoms with E-state index in [4.69, 9.17) is 4.74 Å². The van der Waals surface area contributed by atoms with Gasteiger partial charge in [-0.15, -0.1) is 10.2 Å². The topological polar surface area (TPSA) is 61.9 Å². The van der Waals surface area contributed by atoms with Crippen LogP contribution in [0.2, 0.25) is 0 Å². The molecule has 8 heteroatoms. The molecule has 0 radical (unpaired) electrons. The minimum Gasteiger partial charge on any atom is -0.497 e. The molecule has 2 aromatic heterocycles. The van der Waals surface area contributed by atoms with Gasteiger partial charge in [-0.25, -0.2) is 4.39 Å². The molecule has 6 nitrogen and oxygen atoms in total. The van der Waals surface area contributed by atoms with Crippen molar-refractivity contribution in [3.63, 3.8) is 0 Å². The maximum absolute atomic E-state index is 13.2. The lowest BCUT2D eigenvalue weighted by atomic mass is 10.2. The quantitative estimate of drug-likeness (QED) is 0.269. The molecular weight excluding hydrogens is 439 g/mol. The van der Waals surface area contributed by atoms with Gasteiger partial charge in [-0.3, -0.25) is 4.79 Å². The minimum atomic E-state index is -0.258. The fraction of sp³-hybridized carbons (Fsp3) is 0.240. The highest BCUT2D eigenvalue weighted by Crippen LogP contribution is 2.26. The van der Waals surface area contributed by atoms with E-state index in [1.54, 1.807) is 19.2 Å². The number of ether oxygens (including phenoxy) is 1. The Kier molecular flexibility index (Phi) is 6.65. The normalized spacial score (nSPS) is 11.1. The zero-order chi connectivity index (χ0) is 23.5. The molecule has 4 aromatic rings. The summed E-state index contributed by atoms with van der Waals surface area (Å²) in [5, 5.41) is 9.23. The van der Waals surface area contributed by atoms with Crippen LogP contribution in [0.5, 0.6) is 5.75 Å². The maximum atomic E-state index is 13.2. The molecular formula is C25H25FN4O2S. The first kappa shape index (κ1) is 22.8. The van der Waals surface area contributed by atoms with Crippen LogP contribution in [0.15, 0.2) is 59.8 Å². The summed E-state index contributed by atoms with van der Waals surface area (Å²) in [4.78, 5) is 13.0. The van der Waals surface area contributed by atoms with E-state index >= 15 is 0 Å². The zero-order valence-electron chi connectivity index (χ0n) is 19.0. The number of hydrogen-bond acceptors (Lipinski definition) is 5. The van der Waals surface area contributed by atoms with Crippen molar-refractivity contribution in [3.8, 4) is 17.1 Å². The molecule has 0 N–H and O–H groups in total. The van der Waals surface area contributed by atoms with Gasteiger partial charge in [0.1, 0.15) is 11.6 Å². The molecule has 0 bridgehead atoms. The average Bonchev–Trinajstić information content (AvgIpc) is 3.33. The van der Waals surface area contributed by atoms with Crippen molar-refractivity contribution in [2.75, 3.05) is 12.9 Å². The standard InChI is InChI=1S/C25H25FN4O2S/c1-16-13-22(17(2)30(16)14-18-5-9-20(26)10-6-18)23(31)15-33-25-28-27-24(29(25)3)19-7-11-21(32-4)12-8-19/h5-13H,14-15H2,1-4H3. The second-order valence-corrected chi connectivity index (χ2v) is 8.75. The Labute approximate surface area is 196 Å². The largest absolute Gasteiger partial charge is 0.497 e. The number of carbonyl (C=O) groups is 1. The summed E-state index contributed by atoms with van der Waals surface area (Å²) < 4.78 is 22.4. The van der Waals surface area contributed by atoms with E-state index in [0.717, 1.165) is 34.1 Å². The van der Waals surface area contributed by atoms with E-state index in [9.17, 15) is 9.18 Å². The highest BCUT2D eigenvalue weighted by molar-refractivity contribution is 7.99. The van der Waals surface area contributed by atoms with E-state index in [-0.39, 0.29) is 17.4 Å². The van der Waals surface area contributed by atoms with Crippen LogP contribution >= 0.6 is 11.8 Å². The van der Waals surface area contributed by atoms with E-state index in [1.165, 1.54) is 23.9 Å². The Bertz CT molecular complexity index is 1280. The minimum absolute atomic E-state index is 0.0347. The number of Topliss-reactive ketones (excluding diaryl/α,β-unsaturated/α-hetero) is 1. The van der Waals surface area contributed by atoms with Crippen LogP contribution in [0, 0.1) is 19.7 Å². The van der Waals surface area contributed by atoms with Crippen LogP contribution < -0.4 is 4.74 Å². The van der Waals surface area contributed by atoms with Crippen molar-refractivity contribution >= 4 is 17.5 Å². The highest BCUT2D eigenvalue weighted by atomic mass is 32.2. The molecule has 0 amide bonds. The first-order valence-corrected chi connectivity index (χ1v) is 11.5. The summed E-state index contributed by atoms with van der Waals surface area (Å²) in [7, 11) is 3.52. The molecule has 4 rings (SSSR count). The summed E-state index contributed by atoms with van der Waals surface area (Å²) in [6, 6.07) is 16.0. The van der Waals surface area contributed by atoms with Crippen LogP contribution in [0.25, 0.3) is 11.4 Å². The lowest BCUT2D eigenvalue weighted by Crippen LogP contribution is -2.08. The number of nitrogens with zero attached hydrogens (tertiary/aromatic N) is 4. The Balaban J connectivity index is 1.46. The fourth-order valence-electron chi connectivity index (χ4n) is 3.74. The van der Waals surface area contributed by atoms with Crippen molar-refractivity contribution in [3.05, 3.63) is 82.9 Å². The van der Waals surface area contributed by atoms with Crippen molar-refractivity contribution < 1.29 is 13.9 Å². The third-order valence-electron chi connectivity index (χ3n) is 5.64. The lowest BCUT2D eigenvalue weighted by Gasteiger charge is -2.10. The molecule has 0 saturated carbocycles. The van der Waals surface area contributed by atoms with Crippen LogP contribution in [0.4, 0.5) is 4.39 Å². The molecule has 2 aromatic carbocycles. The number of hydrogen-bond donors (Lipinski definition) is 0. The average molecular weight is 465 g/mol. The van der Waals surface area contributed by atoms with Gasteiger partial charge >= 0.3 is 0 Å². The number of halogens is 1. The molecule has 33 heavy (non-hydrogen) atoms. The highest BCUT2D eigenvalue weighted by Gasteiger charge is 2.18. The first-order valence-electron chi connectivity index (χ1n) is 10.5. The Morgan fingerprint density at radius 1 is 1.06 bits per heavy atom. The molecule has 0 saturated heterocycles. The number of thioether (sulfide) groups is 1. The maximum Gasteiger partial charge on any atom is 0.191 e. The summed E-state index contributed by atoms with van der Waals surface area (Å²) in [5.41, 5.74) is 4.50. The predicted octanol–water partition coefficient (Wildman–Crippen LogP) is 5.07. The SMILES string of the molecule is COc1ccc(-c2nnc(SCC(=O)c3cc(C)n(Cc4ccc(F)cc4)c3C)n2C)cc1. The predicted molar refractivity (Wildman–Crippen MR) is 127 cm³/mol. The van der Waals surface area contributed by atoms with E-state index in [2.05, 4.69) is 14.8 Å². The van der Waals surface area contributed by atoms with Crippen molar-refractivity contribution in [2.24, 2.45) is 7.05 Å². The van der Waals surface area contributed by atoms with Crippen LogP contribution in [-0.2, 0) is 13.6 Å². The number of carbonyl (C=O) groups excluding carboxylic acids is 1. The van der Waals surface area contributed by atoms with Gasteiger partial charge in [0.2, 0.25) is 0 Å². The van der Waals surface area contributed by atoms with E-state index in [0.29, 0.717) is 17.3 Å². The molecule has 170 valence electrons. The van der Waals surface area contributed by atoms with Crippen molar-refractivity contribution in [2.45, 2.75) is 25.5 Å². The van der Waals surface area contributed by atoms with Crippen molar-refractivity contribution in [1.29, 1.82) is 0 Å². The van der Waals surface area contributed by atoms with E-state index < -0.39 is 0 Å². The summed E-state index contributed by atoms with van der Waals surface area (Å²) >= 11 is 1.37. The van der Waals surface area contributed by atoms with Gasteiger partial charge in [-0.2, -0.15) is 0 Å². The zero-order valence-corrected chi connectivity index (χ0v) is 19.8. The van der Waals surface area contributed by atoms with Gasteiger partial charge in [0.15, 0.2) is 16.8 Å². The van der Waals surface area contributed by atoms with Gasteiger partial charge in [0.25, 0.3) is 0 Å². The van der Waals surface area contributed by atoms with Gasteiger partial charge < -0.3 is 13.9 Å². The summed E-state index contributed by atoms with van der Waals surface area (Å²) in [6.07, 6.45) is 0. The third kappa shape index (κ3) is 4.85. The van der Waals surface area contributed by atoms with E-state index in [1.807, 2.05) is 55.8 Å². The smallest absolute Gasteiger partial charge is 0.191 e. The first-order chi connectivity index (χ1) is 15.9. The number of benzene rings is 2. The molecule has 0 aliphatic heterocycles. The molecule has 0 spiro atoms. The monoisotopic (exact) mass is 464 g/mol. The second kappa shape index (κ2) is 9.62. The molecule has 0 aliphatic rings. The second-order valence-electron chi connectivity index (χ2n) is 7.80. The molecule has 0 atom stereocenters. The fourth-order valence-corrected chi connectivity index (χ4v) is 4.53. The van der Waals surface area contributed by atoms with Crippen LogP contribution in [0.1, 0.15) is 27.3 Å². The Hall–Kier alpha value is -3.39. The number of rotatable bonds is 8. The summed E-state index contributed by atoms with van der Waals surface area (Å²) in [5.74, 6) is 1.54. The number of methoxy groups -OCH3 is 1. The summed E-state index contributed by atoms with van der Waals surface area (Å²) in [6.45, 7) is 4.51. The number of aromatic nitrogens is 4. The van der Waals surface area contributed by atoms with Crippen molar-refractivity contribution in [1.82, 2.24) is 19.3 Å². The number of aryl methyl sites for hydroxylation is 1. The number of ketones is 1. The third-order valence-corrected chi connectivity index (χ3v) is 6.66. The van der Waals surface area contributed by atoms with Crippen LogP contribution in [-0.4, -0.2) is 38.0 Å². The van der Waals surface area contributed by atoms with Gasteiger partial charge in [-0.1, -0.05) is 23.9 Å². The van der Waals surface area contributed by atoms with Gasteiger partial charge in [-0.05, 0) is 61.9 Å². The van der Waals surface area contributed by atoms with Gasteiger partial charge in [0, 0.05) is 36.1 Å². The Morgan fingerprint density at radius 3 is 2.42 bits per heavy atom. The molecule has 0 unspecified atom stereocenters. The Morgan fingerprint density at radius 2 is 1.76 bits per heavy atom.